The van der Waals surface area contributed by atoms with Gasteiger partial charge in [0.05, 0.1) is 6.61 Å². The summed E-state index contributed by atoms with van der Waals surface area (Å²) in [5.41, 5.74) is -1.04. The van der Waals surface area contributed by atoms with Crippen molar-refractivity contribution in [3.05, 3.63) is 35.6 Å². The predicted molar refractivity (Wildman–Crippen MR) is 94.3 cm³/mol. The second-order valence-electron chi connectivity index (χ2n) is 6.15. The monoisotopic (exact) mass is 352 g/mol. The van der Waals surface area contributed by atoms with Crippen LogP contribution in [0.1, 0.15) is 64.9 Å². The maximum absolute atomic E-state index is 13.6. The Morgan fingerprint density at radius 2 is 1.60 bits per heavy atom. The zero-order valence-electron chi connectivity index (χ0n) is 15.5. The van der Waals surface area contributed by atoms with Crippen molar-refractivity contribution < 1.29 is 23.5 Å². The van der Waals surface area contributed by atoms with E-state index in [9.17, 15) is 14.0 Å². The van der Waals surface area contributed by atoms with Crippen molar-refractivity contribution in [2.24, 2.45) is 5.41 Å². The third-order valence-corrected chi connectivity index (χ3v) is 4.54. The van der Waals surface area contributed by atoms with E-state index >= 15 is 0 Å². The number of halogens is 1. The van der Waals surface area contributed by atoms with E-state index < -0.39 is 23.2 Å². The lowest BCUT2D eigenvalue weighted by molar-refractivity contribution is -0.174. The van der Waals surface area contributed by atoms with Crippen LogP contribution in [0.25, 0.3) is 0 Å². The first-order chi connectivity index (χ1) is 12.0. The van der Waals surface area contributed by atoms with Crippen molar-refractivity contribution in [1.82, 2.24) is 0 Å². The maximum Gasteiger partial charge on any atom is 0.323 e. The Labute approximate surface area is 149 Å². The van der Waals surface area contributed by atoms with E-state index in [1.807, 2.05) is 0 Å². The molecule has 0 fully saturated rings. The molecule has 0 aliphatic rings. The van der Waals surface area contributed by atoms with Crippen molar-refractivity contribution in [2.75, 3.05) is 6.61 Å². The van der Waals surface area contributed by atoms with E-state index in [-0.39, 0.29) is 25.0 Å². The topological polar surface area (TPSA) is 52.6 Å². The normalized spacial score (nSPS) is 11.2. The number of esters is 2. The molecule has 0 spiro atoms. The molecule has 0 aromatic heterocycles. The summed E-state index contributed by atoms with van der Waals surface area (Å²) < 4.78 is 24.2. The highest BCUT2D eigenvalue weighted by molar-refractivity contribution is 5.99. The van der Waals surface area contributed by atoms with Gasteiger partial charge in [-0.25, -0.2) is 4.39 Å². The molecule has 0 radical (unpaired) electrons. The van der Waals surface area contributed by atoms with Crippen LogP contribution in [0.3, 0.4) is 0 Å². The Morgan fingerprint density at radius 3 is 2.20 bits per heavy atom. The Morgan fingerprint density at radius 1 is 0.960 bits per heavy atom. The number of benzene rings is 1. The SMILES string of the molecule is CCCCCCOC(=O)C(CC)(CC)C(=O)OCc1ccccc1F. The van der Waals surface area contributed by atoms with Crippen LogP contribution in [0.4, 0.5) is 4.39 Å². The minimum Gasteiger partial charge on any atom is -0.465 e. The molecule has 0 saturated heterocycles. The molecule has 4 nitrogen and oxygen atoms in total. The third-order valence-electron chi connectivity index (χ3n) is 4.54. The molecule has 25 heavy (non-hydrogen) atoms. The molecule has 140 valence electrons. The molecule has 0 bridgehead atoms. The first-order valence-electron chi connectivity index (χ1n) is 9.09. The number of hydrogen-bond donors (Lipinski definition) is 0. The van der Waals surface area contributed by atoms with E-state index in [0.717, 1.165) is 25.7 Å². The lowest BCUT2D eigenvalue weighted by Gasteiger charge is -2.27. The molecule has 0 amide bonds. The highest BCUT2D eigenvalue weighted by Crippen LogP contribution is 2.30. The molecule has 0 unspecified atom stereocenters. The van der Waals surface area contributed by atoms with Gasteiger partial charge in [-0.3, -0.25) is 9.59 Å². The highest BCUT2D eigenvalue weighted by atomic mass is 19.1. The van der Waals surface area contributed by atoms with Gasteiger partial charge in [0.15, 0.2) is 5.41 Å². The quantitative estimate of drug-likeness (QED) is 0.326. The van der Waals surface area contributed by atoms with Crippen LogP contribution in [-0.2, 0) is 25.7 Å². The van der Waals surface area contributed by atoms with Gasteiger partial charge < -0.3 is 9.47 Å². The lowest BCUT2D eigenvalue weighted by atomic mass is 9.82. The minimum atomic E-state index is -1.32. The van der Waals surface area contributed by atoms with Gasteiger partial charge in [0.1, 0.15) is 12.4 Å². The molecule has 1 aromatic carbocycles. The zero-order chi connectivity index (χ0) is 18.7. The van der Waals surface area contributed by atoms with Gasteiger partial charge in [-0.05, 0) is 25.3 Å². The van der Waals surface area contributed by atoms with Crippen LogP contribution in [0.5, 0.6) is 0 Å². The van der Waals surface area contributed by atoms with Gasteiger partial charge in [-0.15, -0.1) is 0 Å². The summed E-state index contributed by atoms with van der Waals surface area (Å²) in [6.45, 7) is 5.73. The van der Waals surface area contributed by atoms with Crippen LogP contribution in [0.15, 0.2) is 24.3 Å². The van der Waals surface area contributed by atoms with Crippen molar-refractivity contribution in [1.29, 1.82) is 0 Å². The fraction of sp³-hybridized carbons (Fsp3) is 0.600. The van der Waals surface area contributed by atoms with E-state index in [0.29, 0.717) is 6.61 Å². The summed E-state index contributed by atoms with van der Waals surface area (Å²) >= 11 is 0. The summed E-state index contributed by atoms with van der Waals surface area (Å²) in [7, 11) is 0. The fourth-order valence-electron chi connectivity index (χ4n) is 2.64. The number of carbonyl (C=O) groups excluding carboxylic acids is 2. The smallest absolute Gasteiger partial charge is 0.323 e. The molecule has 5 heteroatoms. The van der Waals surface area contributed by atoms with E-state index in [1.54, 1.807) is 32.0 Å². The lowest BCUT2D eigenvalue weighted by Crippen LogP contribution is -2.41. The number of unbranched alkanes of at least 4 members (excludes halogenated alkanes) is 3. The second-order valence-corrected chi connectivity index (χ2v) is 6.15. The molecule has 1 aromatic rings. The summed E-state index contributed by atoms with van der Waals surface area (Å²) in [6.07, 6.45) is 4.54. The molecule has 0 aliphatic heterocycles. The van der Waals surface area contributed by atoms with Crippen molar-refractivity contribution in [3.63, 3.8) is 0 Å². The van der Waals surface area contributed by atoms with Crippen molar-refractivity contribution in [3.8, 4) is 0 Å². The second kappa shape index (κ2) is 10.9. The molecular formula is C20H29FO4. The van der Waals surface area contributed by atoms with Gasteiger partial charge in [-0.2, -0.15) is 0 Å². The first-order valence-corrected chi connectivity index (χ1v) is 9.09. The fourth-order valence-corrected chi connectivity index (χ4v) is 2.64. The zero-order valence-corrected chi connectivity index (χ0v) is 15.5. The van der Waals surface area contributed by atoms with Gasteiger partial charge in [0.2, 0.25) is 0 Å². The molecule has 0 atom stereocenters. The Bertz CT molecular complexity index is 552. The Kier molecular flexibility index (Phi) is 9.17. The average molecular weight is 352 g/mol. The number of rotatable bonds is 11. The molecule has 0 N–H and O–H groups in total. The summed E-state index contributed by atoms with van der Waals surface area (Å²) in [6, 6.07) is 6.09. The third kappa shape index (κ3) is 5.83. The van der Waals surface area contributed by atoms with Crippen LogP contribution in [0.2, 0.25) is 0 Å². The summed E-state index contributed by atoms with van der Waals surface area (Å²) in [5, 5.41) is 0. The van der Waals surface area contributed by atoms with Crippen molar-refractivity contribution >= 4 is 11.9 Å². The van der Waals surface area contributed by atoms with Crippen LogP contribution in [-0.4, -0.2) is 18.5 Å². The van der Waals surface area contributed by atoms with Gasteiger partial charge in [-0.1, -0.05) is 58.2 Å². The number of carbonyl (C=O) groups is 2. The van der Waals surface area contributed by atoms with Gasteiger partial charge in [0.25, 0.3) is 0 Å². The molecular weight excluding hydrogens is 323 g/mol. The van der Waals surface area contributed by atoms with Gasteiger partial charge in [0, 0.05) is 5.56 Å². The first kappa shape index (κ1) is 21.1. The molecule has 1 rings (SSSR count). The van der Waals surface area contributed by atoms with Crippen LogP contribution < -0.4 is 0 Å². The molecule has 0 aliphatic carbocycles. The van der Waals surface area contributed by atoms with E-state index in [2.05, 4.69) is 6.92 Å². The van der Waals surface area contributed by atoms with Crippen LogP contribution in [0, 0.1) is 11.2 Å². The number of hydrogen-bond acceptors (Lipinski definition) is 4. The predicted octanol–water partition coefficient (Wildman–Crippen LogP) is 4.80. The largest absolute Gasteiger partial charge is 0.465 e. The Hall–Kier alpha value is -1.91. The summed E-state index contributed by atoms with van der Waals surface area (Å²) in [5.74, 6) is -1.64. The van der Waals surface area contributed by atoms with Crippen LogP contribution >= 0.6 is 0 Å². The highest BCUT2D eigenvalue weighted by Gasteiger charge is 2.45. The van der Waals surface area contributed by atoms with E-state index in [4.69, 9.17) is 9.47 Å². The summed E-state index contributed by atoms with van der Waals surface area (Å²) in [4.78, 5) is 25.0. The standard InChI is InChI=1S/C20H29FO4/c1-4-7-8-11-14-24-18(22)20(5-2,6-3)19(23)25-15-16-12-9-10-13-17(16)21/h9-10,12-13H,4-8,11,14-15H2,1-3H3. The molecule has 0 heterocycles. The van der Waals surface area contributed by atoms with Crippen molar-refractivity contribution in [2.45, 2.75) is 65.9 Å². The number of ether oxygens (including phenoxy) is 2. The average Bonchev–Trinajstić information content (AvgIpc) is 2.62. The minimum absolute atomic E-state index is 0.197. The maximum atomic E-state index is 13.6. The molecule has 0 saturated carbocycles. The van der Waals surface area contributed by atoms with E-state index in [1.165, 1.54) is 6.07 Å². The Balaban J connectivity index is 2.67. The van der Waals surface area contributed by atoms with Gasteiger partial charge >= 0.3 is 11.9 Å².